The second-order valence-corrected chi connectivity index (χ2v) is 8.17. The molecule has 0 spiro atoms. The number of aryl methyl sites for hydroxylation is 1. The number of nitrogens with zero attached hydrogens (tertiary/aromatic N) is 2. The Bertz CT molecular complexity index is 906. The van der Waals surface area contributed by atoms with Crippen molar-refractivity contribution in [2.45, 2.75) is 6.92 Å². The van der Waals surface area contributed by atoms with Crippen LogP contribution in [-0.4, -0.2) is 36.5 Å². The number of rotatable bonds is 3. The molecule has 2 aliphatic heterocycles. The lowest BCUT2D eigenvalue weighted by Crippen LogP contribution is -2.36. The van der Waals surface area contributed by atoms with Crippen molar-refractivity contribution in [1.82, 2.24) is 0 Å². The monoisotopic (exact) mass is 396 g/mol. The lowest BCUT2D eigenvalue weighted by Gasteiger charge is -2.29. The van der Waals surface area contributed by atoms with Crippen molar-refractivity contribution >= 4 is 51.7 Å². The summed E-state index contributed by atoms with van der Waals surface area (Å²) >= 11 is 6.79. The van der Waals surface area contributed by atoms with Crippen LogP contribution in [0.1, 0.15) is 11.1 Å². The minimum atomic E-state index is -0.0622. The maximum atomic E-state index is 12.9. The Morgan fingerprint density at radius 1 is 1.07 bits per heavy atom. The zero-order valence-corrected chi connectivity index (χ0v) is 16.7. The maximum Gasteiger partial charge on any atom is 0.270 e. The van der Waals surface area contributed by atoms with Crippen LogP contribution in [0.15, 0.2) is 53.4 Å². The minimum Gasteiger partial charge on any atom is -0.378 e. The second kappa shape index (κ2) is 7.84. The standard InChI is InChI=1S/C21H20N2O2S2/c1-15-13-18(22-9-11-25-12-10-22)8-7-16(15)14-19-20(24)23(21(26)27-19)17-5-3-2-4-6-17/h2-8,13-14H,9-12H2,1H3. The molecule has 27 heavy (non-hydrogen) atoms. The van der Waals surface area contributed by atoms with E-state index in [0.717, 1.165) is 43.1 Å². The van der Waals surface area contributed by atoms with Crippen molar-refractivity contribution in [3.8, 4) is 0 Å². The van der Waals surface area contributed by atoms with Crippen molar-refractivity contribution in [3.63, 3.8) is 0 Å². The zero-order chi connectivity index (χ0) is 18.8. The maximum absolute atomic E-state index is 12.9. The van der Waals surface area contributed by atoms with Crippen molar-refractivity contribution in [2.75, 3.05) is 36.1 Å². The molecule has 2 aromatic carbocycles. The Balaban J connectivity index is 1.58. The Kier molecular flexibility index (Phi) is 5.29. The summed E-state index contributed by atoms with van der Waals surface area (Å²) in [5, 5.41) is 0. The first kappa shape index (κ1) is 18.2. The van der Waals surface area contributed by atoms with Crippen molar-refractivity contribution < 1.29 is 9.53 Å². The van der Waals surface area contributed by atoms with Gasteiger partial charge in [0.15, 0.2) is 4.32 Å². The number of para-hydroxylation sites is 1. The van der Waals surface area contributed by atoms with Gasteiger partial charge >= 0.3 is 0 Å². The highest BCUT2D eigenvalue weighted by Gasteiger charge is 2.33. The molecule has 1 amide bonds. The van der Waals surface area contributed by atoms with Gasteiger partial charge in [0.25, 0.3) is 5.91 Å². The number of thioether (sulfide) groups is 1. The molecule has 2 heterocycles. The first-order valence-electron chi connectivity index (χ1n) is 8.90. The van der Waals surface area contributed by atoms with E-state index in [9.17, 15) is 4.79 Å². The number of ether oxygens (including phenoxy) is 1. The summed E-state index contributed by atoms with van der Waals surface area (Å²) in [4.78, 5) is 17.5. The summed E-state index contributed by atoms with van der Waals surface area (Å²) in [7, 11) is 0. The Morgan fingerprint density at radius 2 is 1.81 bits per heavy atom. The predicted molar refractivity (Wildman–Crippen MR) is 116 cm³/mol. The fourth-order valence-electron chi connectivity index (χ4n) is 3.25. The molecule has 2 aromatic rings. The van der Waals surface area contributed by atoms with E-state index >= 15 is 0 Å². The first-order valence-corrected chi connectivity index (χ1v) is 10.1. The van der Waals surface area contributed by atoms with E-state index in [2.05, 4.69) is 30.0 Å². The third-order valence-corrected chi connectivity index (χ3v) is 6.03. The van der Waals surface area contributed by atoms with Crippen LogP contribution in [0.2, 0.25) is 0 Å². The van der Waals surface area contributed by atoms with Crippen LogP contribution in [-0.2, 0) is 9.53 Å². The molecule has 138 valence electrons. The summed E-state index contributed by atoms with van der Waals surface area (Å²) in [5.74, 6) is -0.0622. The highest BCUT2D eigenvalue weighted by Crippen LogP contribution is 2.36. The van der Waals surface area contributed by atoms with Crippen LogP contribution in [0, 0.1) is 6.92 Å². The van der Waals surface area contributed by atoms with Crippen LogP contribution in [0.3, 0.4) is 0 Å². The molecule has 2 saturated heterocycles. The van der Waals surface area contributed by atoms with E-state index in [4.69, 9.17) is 17.0 Å². The van der Waals surface area contributed by atoms with E-state index in [1.54, 1.807) is 4.90 Å². The van der Waals surface area contributed by atoms with E-state index < -0.39 is 0 Å². The minimum absolute atomic E-state index is 0.0622. The lowest BCUT2D eigenvalue weighted by atomic mass is 10.1. The third kappa shape index (κ3) is 3.78. The largest absolute Gasteiger partial charge is 0.378 e. The molecule has 0 unspecified atom stereocenters. The molecule has 0 radical (unpaired) electrons. The van der Waals surface area contributed by atoms with E-state index in [-0.39, 0.29) is 5.91 Å². The molecule has 0 atom stereocenters. The number of hydrogen-bond donors (Lipinski definition) is 0. The molecule has 0 aliphatic carbocycles. The Labute approximate surface area is 168 Å². The molecule has 2 aliphatic rings. The quantitative estimate of drug-likeness (QED) is 0.573. The number of thiocarbonyl (C=S) groups is 1. The highest BCUT2D eigenvalue weighted by molar-refractivity contribution is 8.27. The molecule has 2 fully saturated rings. The van der Waals surface area contributed by atoms with Gasteiger partial charge in [-0.1, -0.05) is 48.2 Å². The SMILES string of the molecule is Cc1cc(N2CCOCC2)ccc1C=C1SC(=S)N(c2ccccc2)C1=O. The zero-order valence-electron chi connectivity index (χ0n) is 15.1. The van der Waals surface area contributed by atoms with Crippen LogP contribution >= 0.6 is 24.0 Å². The fourth-order valence-corrected chi connectivity index (χ4v) is 4.54. The van der Waals surface area contributed by atoms with Crippen LogP contribution in [0.25, 0.3) is 6.08 Å². The molecule has 0 saturated carbocycles. The molecule has 4 rings (SSSR count). The molecular formula is C21H20N2O2S2. The van der Waals surface area contributed by atoms with Crippen LogP contribution in [0.5, 0.6) is 0 Å². The highest BCUT2D eigenvalue weighted by atomic mass is 32.2. The predicted octanol–water partition coefficient (Wildman–Crippen LogP) is 4.24. The Hall–Kier alpha value is -2.15. The number of hydrogen-bond acceptors (Lipinski definition) is 5. The van der Waals surface area contributed by atoms with Crippen molar-refractivity contribution in [2.24, 2.45) is 0 Å². The van der Waals surface area contributed by atoms with Gasteiger partial charge in [-0.15, -0.1) is 0 Å². The average Bonchev–Trinajstić information content (AvgIpc) is 2.98. The van der Waals surface area contributed by atoms with Crippen LogP contribution < -0.4 is 9.80 Å². The Morgan fingerprint density at radius 3 is 2.52 bits per heavy atom. The lowest BCUT2D eigenvalue weighted by molar-refractivity contribution is -0.113. The molecule has 0 N–H and O–H groups in total. The number of amides is 1. The van der Waals surface area contributed by atoms with Gasteiger partial charge in [-0.05, 0) is 48.4 Å². The van der Waals surface area contributed by atoms with Crippen molar-refractivity contribution in [3.05, 3.63) is 64.6 Å². The van der Waals surface area contributed by atoms with E-state index in [1.807, 2.05) is 36.4 Å². The van der Waals surface area contributed by atoms with Gasteiger partial charge in [0.1, 0.15) is 0 Å². The van der Waals surface area contributed by atoms with Crippen LogP contribution in [0.4, 0.5) is 11.4 Å². The number of benzene rings is 2. The molecule has 0 aromatic heterocycles. The van der Waals surface area contributed by atoms with Gasteiger partial charge in [-0.3, -0.25) is 9.69 Å². The molecule has 6 heteroatoms. The summed E-state index contributed by atoms with van der Waals surface area (Å²) in [6.07, 6.45) is 1.95. The smallest absolute Gasteiger partial charge is 0.270 e. The first-order chi connectivity index (χ1) is 13.1. The van der Waals surface area contributed by atoms with Gasteiger partial charge < -0.3 is 9.64 Å². The van der Waals surface area contributed by atoms with Gasteiger partial charge in [-0.25, -0.2) is 0 Å². The topological polar surface area (TPSA) is 32.8 Å². The molecule has 0 bridgehead atoms. The second-order valence-electron chi connectivity index (χ2n) is 6.49. The molecular weight excluding hydrogens is 376 g/mol. The summed E-state index contributed by atoms with van der Waals surface area (Å²) < 4.78 is 5.99. The fraction of sp³-hybridized carbons (Fsp3) is 0.238. The van der Waals surface area contributed by atoms with Crippen molar-refractivity contribution in [1.29, 1.82) is 0 Å². The molecule has 4 nitrogen and oxygen atoms in total. The van der Waals surface area contributed by atoms with E-state index in [0.29, 0.717) is 9.23 Å². The van der Waals surface area contributed by atoms with Gasteiger partial charge in [-0.2, -0.15) is 0 Å². The number of carbonyl (C=O) groups is 1. The summed E-state index contributed by atoms with van der Waals surface area (Å²) in [6, 6.07) is 15.9. The average molecular weight is 397 g/mol. The summed E-state index contributed by atoms with van der Waals surface area (Å²) in [6.45, 7) is 5.43. The normalized spacial score (nSPS) is 19.2. The van der Waals surface area contributed by atoms with E-state index in [1.165, 1.54) is 17.4 Å². The number of anilines is 2. The van der Waals surface area contributed by atoms with Gasteiger partial charge in [0.2, 0.25) is 0 Å². The third-order valence-electron chi connectivity index (χ3n) is 4.72. The number of morpholine rings is 1. The number of carbonyl (C=O) groups excluding carboxylic acids is 1. The van der Waals surface area contributed by atoms with Gasteiger partial charge in [0, 0.05) is 18.8 Å². The van der Waals surface area contributed by atoms with Gasteiger partial charge in [0.05, 0.1) is 23.8 Å². The summed E-state index contributed by atoms with van der Waals surface area (Å²) in [5.41, 5.74) is 4.19.